The summed E-state index contributed by atoms with van der Waals surface area (Å²) in [4.78, 5) is 12.1. The van der Waals surface area contributed by atoms with Crippen LogP contribution in [0, 0.1) is 0 Å². The number of rotatable bonds is 6. The van der Waals surface area contributed by atoms with Gasteiger partial charge in [-0.1, -0.05) is 31.0 Å². The normalized spacial score (nSPS) is 15.1. The van der Waals surface area contributed by atoms with Crippen molar-refractivity contribution in [3.63, 3.8) is 0 Å². The minimum atomic E-state index is -4.94. The molecule has 0 spiro atoms. The Kier molecular flexibility index (Phi) is 6.02. The fourth-order valence-electron chi connectivity index (χ4n) is 3.15. The second-order valence-electron chi connectivity index (χ2n) is 6.63. The first-order valence-corrected chi connectivity index (χ1v) is 10.4. The van der Waals surface area contributed by atoms with Crippen LogP contribution in [-0.2, 0) is 10.0 Å². The van der Waals surface area contributed by atoms with Gasteiger partial charge in [0.25, 0.3) is 15.9 Å². The van der Waals surface area contributed by atoms with Gasteiger partial charge in [-0.2, -0.15) is 0 Å². The lowest BCUT2D eigenvalue weighted by molar-refractivity contribution is -0.274. The van der Waals surface area contributed by atoms with E-state index < -0.39 is 32.9 Å². The Hall–Kier alpha value is -2.75. The SMILES string of the molecule is O=C(NC1CCCC1)c1ccccc1NS(=O)(=O)c1cccc(OC(F)(F)F)c1. The summed E-state index contributed by atoms with van der Waals surface area (Å²) in [6, 6.07) is 10.1. The first-order chi connectivity index (χ1) is 13.6. The zero-order valence-corrected chi connectivity index (χ0v) is 16.0. The van der Waals surface area contributed by atoms with Crippen LogP contribution in [0.3, 0.4) is 0 Å². The van der Waals surface area contributed by atoms with Gasteiger partial charge < -0.3 is 10.1 Å². The van der Waals surface area contributed by atoms with Crippen LogP contribution in [0.1, 0.15) is 36.0 Å². The van der Waals surface area contributed by atoms with Gasteiger partial charge in [0.05, 0.1) is 16.1 Å². The number of amides is 1. The maximum atomic E-state index is 12.7. The van der Waals surface area contributed by atoms with Gasteiger partial charge in [0, 0.05) is 12.1 Å². The van der Waals surface area contributed by atoms with E-state index in [-0.39, 0.29) is 17.3 Å². The lowest BCUT2D eigenvalue weighted by Crippen LogP contribution is -2.33. The molecule has 0 bridgehead atoms. The lowest BCUT2D eigenvalue weighted by atomic mass is 10.1. The molecular weight excluding hydrogens is 409 g/mol. The van der Waals surface area contributed by atoms with Crippen molar-refractivity contribution in [1.82, 2.24) is 5.32 Å². The number of para-hydroxylation sites is 1. The number of sulfonamides is 1. The zero-order chi connectivity index (χ0) is 21.1. The Bertz CT molecular complexity index is 987. The molecule has 1 aliphatic carbocycles. The number of carbonyl (C=O) groups excluding carboxylic acids is 1. The van der Waals surface area contributed by atoms with Crippen molar-refractivity contribution >= 4 is 21.6 Å². The van der Waals surface area contributed by atoms with Gasteiger partial charge in [0.15, 0.2) is 0 Å². The molecule has 3 rings (SSSR count). The summed E-state index contributed by atoms with van der Waals surface area (Å²) >= 11 is 0. The summed E-state index contributed by atoms with van der Waals surface area (Å²) in [5.41, 5.74) is 0.163. The van der Waals surface area contributed by atoms with Gasteiger partial charge in [-0.15, -0.1) is 13.2 Å². The van der Waals surface area contributed by atoms with E-state index >= 15 is 0 Å². The maximum Gasteiger partial charge on any atom is 0.573 e. The standard InChI is InChI=1S/C19H19F3N2O4S/c20-19(21,22)28-14-8-5-9-15(12-14)29(26,27)24-17-11-4-3-10-16(17)18(25)23-13-6-1-2-7-13/h3-5,8-13,24H,1-2,6-7H2,(H,23,25). The van der Waals surface area contributed by atoms with E-state index in [0.717, 1.165) is 49.9 Å². The Labute approximate surface area is 166 Å². The highest BCUT2D eigenvalue weighted by Crippen LogP contribution is 2.27. The number of hydrogen-bond acceptors (Lipinski definition) is 4. The maximum absolute atomic E-state index is 12.7. The topological polar surface area (TPSA) is 84.5 Å². The molecule has 6 nitrogen and oxygen atoms in total. The van der Waals surface area contributed by atoms with Crippen LogP contribution in [0.4, 0.5) is 18.9 Å². The summed E-state index contributed by atoms with van der Waals surface area (Å²) in [5, 5.41) is 2.88. The van der Waals surface area contributed by atoms with E-state index in [4.69, 9.17) is 0 Å². The molecule has 29 heavy (non-hydrogen) atoms. The Morgan fingerprint density at radius 3 is 2.41 bits per heavy atom. The minimum Gasteiger partial charge on any atom is -0.406 e. The van der Waals surface area contributed by atoms with Crippen LogP contribution in [0.25, 0.3) is 0 Å². The summed E-state index contributed by atoms with van der Waals surface area (Å²) in [6.07, 6.45) is -1.16. The quantitative estimate of drug-likeness (QED) is 0.727. The molecule has 2 N–H and O–H groups in total. The van der Waals surface area contributed by atoms with Crippen LogP contribution in [-0.4, -0.2) is 26.7 Å². The average Bonchev–Trinajstić information content (AvgIpc) is 3.13. The second-order valence-corrected chi connectivity index (χ2v) is 8.31. The number of halogens is 3. The molecule has 0 heterocycles. The van der Waals surface area contributed by atoms with E-state index in [1.807, 2.05) is 0 Å². The first-order valence-electron chi connectivity index (χ1n) is 8.92. The van der Waals surface area contributed by atoms with Crippen LogP contribution in [0.5, 0.6) is 5.75 Å². The van der Waals surface area contributed by atoms with Crippen LogP contribution in [0.2, 0.25) is 0 Å². The highest BCUT2D eigenvalue weighted by Gasteiger charge is 2.31. The summed E-state index contributed by atoms with van der Waals surface area (Å²) in [6.45, 7) is 0. The third kappa shape index (κ3) is 5.63. The minimum absolute atomic E-state index is 0.0325. The molecule has 0 saturated heterocycles. The molecule has 156 valence electrons. The molecule has 1 fully saturated rings. The molecule has 0 atom stereocenters. The fraction of sp³-hybridized carbons (Fsp3) is 0.316. The van der Waals surface area contributed by atoms with Gasteiger partial charge in [-0.3, -0.25) is 9.52 Å². The van der Waals surface area contributed by atoms with Gasteiger partial charge in [0.2, 0.25) is 0 Å². The summed E-state index contributed by atoms with van der Waals surface area (Å²) in [7, 11) is -4.25. The number of hydrogen-bond donors (Lipinski definition) is 2. The molecule has 0 aliphatic heterocycles. The average molecular weight is 428 g/mol. The van der Waals surface area contributed by atoms with Crippen molar-refractivity contribution in [2.24, 2.45) is 0 Å². The van der Waals surface area contributed by atoms with E-state index in [1.54, 1.807) is 12.1 Å². The molecule has 0 aromatic heterocycles. The predicted octanol–water partition coefficient (Wildman–Crippen LogP) is 4.06. The molecule has 2 aromatic carbocycles. The van der Waals surface area contributed by atoms with Gasteiger partial charge in [0.1, 0.15) is 5.75 Å². The lowest BCUT2D eigenvalue weighted by Gasteiger charge is -2.16. The van der Waals surface area contributed by atoms with Crippen LogP contribution >= 0.6 is 0 Å². The van der Waals surface area contributed by atoms with Crippen molar-refractivity contribution in [2.45, 2.75) is 43.0 Å². The van der Waals surface area contributed by atoms with E-state index in [2.05, 4.69) is 14.8 Å². The molecule has 0 unspecified atom stereocenters. The van der Waals surface area contributed by atoms with E-state index in [1.165, 1.54) is 12.1 Å². The van der Waals surface area contributed by atoms with Gasteiger partial charge in [-0.05, 0) is 37.1 Å². The molecule has 1 amide bonds. The van der Waals surface area contributed by atoms with Gasteiger partial charge in [-0.25, -0.2) is 8.42 Å². The Balaban J connectivity index is 1.82. The number of benzene rings is 2. The zero-order valence-electron chi connectivity index (χ0n) is 15.2. The predicted molar refractivity (Wildman–Crippen MR) is 100 cm³/mol. The Morgan fingerprint density at radius 2 is 1.72 bits per heavy atom. The summed E-state index contributed by atoms with van der Waals surface area (Å²) in [5.74, 6) is -1.07. The monoisotopic (exact) mass is 428 g/mol. The van der Waals surface area contributed by atoms with E-state index in [0.29, 0.717) is 0 Å². The number of ether oxygens (including phenoxy) is 1. The number of nitrogens with one attached hydrogen (secondary N) is 2. The largest absolute Gasteiger partial charge is 0.573 e. The fourth-order valence-corrected chi connectivity index (χ4v) is 4.26. The van der Waals surface area contributed by atoms with E-state index in [9.17, 15) is 26.4 Å². The van der Waals surface area contributed by atoms with Crippen LogP contribution < -0.4 is 14.8 Å². The molecule has 2 aromatic rings. The molecule has 1 saturated carbocycles. The van der Waals surface area contributed by atoms with Crippen LogP contribution in [0.15, 0.2) is 53.4 Å². The summed E-state index contributed by atoms with van der Waals surface area (Å²) < 4.78 is 68.5. The first kappa shape index (κ1) is 21.0. The van der Waals surface area contributed by atoms with Crippen molar-refractivity contribution in [1.29, 1.82) is 0 Å². The third-order valence-electron chi connectivity index (χ3n) is 4.46. The molecular formula is C19H19F3N2O4S. The highest BCUT2D eigenvalue weighted by molar-refractivity contribution is 7.92. The number of alkyl halides is 3. The number of anilines is 1. The second kappa shape index (κ2) is 8.32. The Morgan fingerprint density at radius 1 is 1.03 bits per heavy atom. The smallest absolute Gasteiger partial charge is 0.406 e. The van der Waals surface area contributed by atoms with Crippen molar-refractivity contribution in [3.8, 4) is 5.75 Å². The highest BCUT2D eigenvalue weighted by atomic mass is 32.2. The molecule has 1 aliphatic rings. The van der Waals surface area contributed by atoms with Crippen molar-refractivity contribution in [3.05, 3.63) is 54.1 Å². The molecule has 0 radical (unpaired) electrons. The molecule has 10 heteroatoms. The van der Waals surface area contributed by atoms with Crippen molar-refractivity contribution in [2.75, 3.05) is 4.72 Å². The van der Waals surface area contributed by atoms with Crippen molar-refractivity contribution < 1.29 is 31.1 Å². The number of carbonyl (C=O) groups is 1. The van der Waals surface area contributed by atoms with Gasteiger partial charge >= 0.3 is 6.36 Å². The third-order valence-corrected chi connectivity index (χ3v) is 5.82.